The van der Waals surface area contributed by atoms with Gasteiger partial charge in [0.2, 0.25) is 0 Å². The van der Waals surface area contributed by atoms with Gasteiger partial charge in [0, 0.05) is 31.8 Å². The first-order valence-corrected chi connectivity index (χ1v) is 12.4. The molecule has 5 heteroatoms. The van der Waals surface area contributed by atoms with Crippen molar-refractivity contribution in [3.63, 3.8) is 0 Å². The number of anilines is 1. The molecule has 4 aromatic rings. The Morgan fingerprint density at radius 1 is 0.722 bits per heavy atom. The fourth-order valence-corrected chi connectivity index (χ4v) is 4.75. The van der Waals surface area contributed by atoms with Gasteiger partial charge < -0.3 is 9.80 Å². The minimum absolute atomic E-state index is 0.0365. The molecule has 1 saturated heterocycles. The summed E-state index contributed by atoms with van der Waals surface area (Å²) in [6, 6.07) is 32.2. The third kappa shape index (κ3) is 5.34. The Balaban J connectivity index is 1.41. The molecule has 0 atom stereocenters. The molecule has 1 aliphatic rings. The van der Waals surface area contributed by atoms with Crippen LogP contribution in [0.1, 0.15) is 11.1 Å². The lowest BCUT2D eigenvalue weighted by Gasteiger charge is -2.37. The Morgan fingerprint density at radius 3 is 2.00 bits per heavy atom. The molecule has 0 aliphatic carbocycles. The van der Waals surface area contributed by atoms with E-state index in [0.29, 0.717) is 36.8 Å². The van der Waals surface area contributed by atoms with Crippen molar-refractivity contribution in [1.29, 1.82) is 0 Å². The van der Waals surface area contributed by atoms with Gasteiger partial charge in [0.1, 0.15) is 5.82 Å². The van der Waals surface area contributed by atoms with Crippen molar-refractivity contribution < 1.29 is 9.18 Å². The Labute approximate surface area is 216 Å². The normalized spacial score (nSPS) is 14.1. The molecule has 36 heavy (non-hydrogen) atoms. The van der Waals surface area contributed by atoms with Gasteiger partial charge in [0.25, 0.3) is 5.91 Å². The monoisotopic (exact) mass is 496 g/mol. The highest BCUT2D eigenvalue weighted by Crippen LogP contribution is 2.28. The molecule has 0 spiro atoms. The minimum atomic E-state index is -0.303. The zero-order valence-corrected chi connectivity index (χ0v) is 20.5. The van der Waals surface area contributed by atoms with Crippen LogP contribution in [0.25, 0.3) is 22.8 Å². The van der Waals surface area contributed by atoms with Crippen LogP contribution >= 0.6 is 11.6 Å². The quantitative estimate of drug-likeness (QED) is 0.218. The van der Waals surface area contributed by atoms with Crippen LogP contribution in [-0.4, -0.2) is 37.0 Å². The zero-order valence-electron chi connectivity index (χ0n) is 19.8. The minimum Gasteiger partial charge on any atom is -0.367 e. The number of amides is 1. The van der Waals surface area contributed by atoms with Gasteiger partial charge in [0.15, 0.2) is 0 Å². The summed E-state index contributed by atoms with van der Waals surface area (Å²) in [7, 11) is 0. The molecule has 1 aliphatic heterocycles. The predicted octanol–water partition coefficient (Wildman–Crippen LogP) is 7.04. The molecule has 0 N–H and O–H groups in total. The van der Waals surface area contributed by atoms with E-state index in [4.69, 9.17) is 11.6 Å². The molecule has 0 saturated carbocycles. The summed E-state index contributed by atoms with van der Waals surface area (Å²) in [6.07, 6.45) is 1.85. The average Bonchev–Trinajstić information content (AvgIpc) is 2.93. The number of hydrogen-bond acceptors (Lipinski definition) is 2. The summed E-state index contributed by atoms with van der Waals surface area (Å²) < 4.78 is 13.5. The number of benzene rings is 4. The molecular formula is C31H26ClFN2O. The molecule has 5 rings (SSSR count). The SMILES string of the molecule is O=C(/C(=C/c1ccc(F)cc1)c1ccc(-c2ccccc2)cc1)N1CCN(c2ccccc2Cl)CC1. The smallest absolute Gasteiger partial charge is 0.254 e. The second-order valence-corrected chi connectivity index (χ2v) is 9.19. The van der Waals surface area contributed by atoms with E-state index in [1.807, 2.05) is 77.7 Å². The number of hydrogen-bond donors (Lipinski definition) is 0. The zero-order chi connectivity index (χ0) is 24.9. The van der Waals surface area contributed by atoms with Crippen LogP contribution in [0.5, 0.6) is 0 Å². The molecule has 4 aromatic carbocycles. The number of halogens is 2. The van der Waals surface area contributed by atoms with Crippen LogP contribution in [0, 0.1) is 5.82 Å². The Bertz CT molecular complexity index is 1360. The van der Waals surface area contributed by atoms with Crippen LogP contribution in [0.15, 0.2) is 103 Å². The molecule has 0 radical (unpaired) electrons. The van der Waals surface area contributed by atoms with Crippen LogP contribution in [0.4, 0.5) is 10.1 Å². The largest absolute Gasteiger partial charge is 0.367 e. The van der Waals surface area contributed by atoms with Gasteiger partial charge in [-0.1, -0.05) is 90.5 Å². The van der Waals surface area contributed by atoms with Crippen molar-refractivity contribution >= 4 is 34.8 Å². The first-order chi connectivity index (χ1) is 17.6. The van der Waals surface area contributed by atoms with Crippen molar-refractivity contribution in [2.24, 2.45) is 0 Å². The van der Waals surface area contributed by atoms with E-state index in [2.05, 4.69) is 17.0 Å². The Hall–Kier alpha value is -3.89. The molecule has 0 bridgehead atoms. The number of rotatable bonds is 5. The van der Waals surface area contributed by atoms with Gasteiger partial charge in [0.05, 0.1) is 10.7 Å². The van der Waals surface area contributed by atoms with Crippen LogP contribution in [0.2, 0.25) is 5.02 Å². The maximum Gasteiger partial charge on any atom is 0.254 e. The fourth-order valence-electron chi connectivity index (χ4n) is 4.50. The van der Waals surface area contributed by atoms with Gasteiger partial charge in [-0.15, -0.1) is 0 Å². The van der Waals surface area contributed by atoms with E-state index < -0.39 is 0 Å². The summed E-state index contributed by atoms with van der Waals surface area (Å²) in [4.78, 5) is 17.9. The molecule has 3 nitrogen and oxygen atoms in total. The number of piperazine rings is 1. The lowest BCUT2D eigenvalue weighted by molar-refractivity contribution is -0.125. The number of para-hydroxylation sites is 1. The molecule has 180 valence electrons. The van der Waals surface area contributed by atoms with Gasteiger partial charge in [-0.25, -0.2) is 4.39 Å². The van der Waals surface area contributed by atoms with Crippen molar-refractivity contribution in [1.82, 2.24) is 4.90 Å². The van der Waals surface area contributed by atoms with E-state index in [-0.39, 0.29) is 11.7 Å². The van der Waals surface area contributed by atoms with Crippen LogP contribution < -0.4 is 4.90 Å². The molecule has 1 fully saturated rings. The van der Waals surface area contributed by atoms with Gasteiger partial charge in [-0.2, -0.15) is 0 Å². The first-order valence-electron chi connectivity index (χ1n) is 12.0. The summed E-state index contributed by atoms with van der Waals surface area (Å²) in [5, 5.41) is 0.715. The van der Waals surface area contributed by atoms with E-state index in [1.54, 1.807) is 12.1 Å². The van der Waals surface area contributed by atoms with E-state index in [0.717, 1.165) is 27.9 Å². The third-order valence-corrected chi connectivity index (χ3v) is 6.79. The lowest BCUT2D eigenvalue weighted by Crippen LogP contribution is -2.49. The first kappa shape index (κ1) is 23.8. The molecular weight excluding hydrogens is 471 g/mol. The summed E-state index contributed by atoms with van der Waals surface area (Å²) in [6.45, 7) is 2.58. The van der Waals surface area contributed by atoms with Gasteiger partial charge in [-0.3, -0.25) is 4.79 Å². The van der Waals surface area contributed by atoms with Crippen molar-refractivity contribution in [3.05, 3.63) is 125 Å². The van der Waals surface area contributed by atoms with Gasteiger partial charge >= 0.3 is 0 Å². The molecule has 1 heterocycles. The van der Waals surface area contributed by atoms with Crippen LogP contribution in [-0.2, 0) is 4.79 Å². The van der Waals surface area contributed by atoms with Gasteiger partial charge in [-0.05, 0) is 52.6 Å². The standard InChI is InChI=1S/C31H26ClFN2O/c32-29-8-4-5-9-30(29)34-18-20-35(21-19-34)31(36)28(22-23-10-16-27(33)17-11-23)26-14-12-25(13-15-26)24-6-2-1-3-7-24/h1-17,22H,18-21H2/b28-22+. The molecule has 0 unspecified atom stereocenters. The van der Waals surface area contributed by atoms with E-state index in [1.165, 1.54) is 12.1 Å². The highest BCUT2D eigenvalue weighted by atomic mass is 35.5. The highest BCUT2D eigenvalue weighted by molar-refractivity contribution is 6.33. The second-order valence-electron chi connectivity index (χ2n) is 8.78. The molecule has 1 amide bonds. The fraction of sp³-hybridized carbons (Fsp3) is 0.129. The second kappa shape index (κ2) is 10.8. The van der Waals surface area contributed by atoms with Crippen molar-refractivity contribution in [3.8, 4) is 11.1 Å². The van der Waals surface area contributed by atoms with E-state index in [9.17, 15) is 9.18 Å². The van der Waals surface area contributed by atoms with Crippen molar-refractivity contribution in [2.45, 2.75) is 0 Å². The third-order valence-electron chi connectivity index (χ3n) is 6.47. The van der Waals surface area contributed by atoms with Crippen molar-refractivity contribution in [2.75, 3.05) is 31.1 Å². The summed E-state index contributed by atoms with van der Waals surface area (Å²) in [5.74, 6) is -0.339. The Morgan fingerprint density at radius 2 is 1.33 bits per heavy atom. The number of carbonyl (C=O) groups excluding carboxylic acids is 1. The number of carbonyl (C=O) groups is 1. The highest BCUT2D eigenvalue weighted by Gasteiger charge is 2.25. The number of nitrogens with zero attached hydrogens (tertiary/aromatic N) is 2. The van der Waals surface area contributed by atoms with E-state index >= 15 is 0 Å². The predicted molar refractivity (Wildman–Crippen MR) is 146 cm³/mol. The Kier molecular flexibility index (Phi) is 7.15. The lowest BCUT2D eigenvalue weighted by atomic mass is 9.97. The maximum atomic E-state index is 13.8. The summed E-state index contributed by atoms with van der Waals surface area (Å²) in [5.41, 5.74) is 5.40. The maximum absolute atomic E-state index is 13.8. The molecule has 0 aromatic heterocycles. The topological polar surface area (TPSA) is 23.6 Å². The average molecular weight is 497 g/mol. The summed E-state index contributed by atoms with van der Waals surface area (Å²) >= 11 is 6.39. The van der Waals surface area contributed by atoms with Crippen LogP contribution in [0.3, 0.4) is 0 Å².